The number of rotatable bonds is 4. The monoisotopic (exact) mass is 232 g/mol. The number of hydrogen-bond acceptors (Lipinski definition) is 2. The Morgan fingerprint density at radius 2 is 2.06 bits per heavy atom. The highest BCUT2D eigenvalue weighted by Gasteiger charge is 2.25. The van der Waals surface area contributed by atoms with Crippen LogP contribution >= 0.6 is 0 Å². The predicted molar refractivity (Wildman–Crippen MR) is 74.5 cm³/mol. The largest absolute Gasteiger partial charge is 0.368 e. The average Bonchev–Trinajstić information content (AvgIpc) is 2.54. The molecule has 1 aliphatic heterocycles. The van der Waals surface area contributed by atoms with Crippen molar-refractivity contribution in [3.8, 4) is 0 Å². The third-order valence-corrected chi connectivity index (χ3v) is 3.57. The smallest absolute Gasteiger partial charge is 0.0402 e. The van der Waals surface area contributed by atoms with Gasteiger partial charge in [-0.3, -0.25) is 0 Å². The van der Waals surface area contributed by atoms with Gasteiger partial charge in [0.2, 0.25) is 0 Å². The number of hydrogen-bond donors (Lipinski definition) is 1. The molecular formula is C15H24N2. The van der Waals surface area contributed by atoms with Crippen LogP contribution < -0.4 is 10.6 Å². The second-order valence-electron chi connectivity index (χ2n) is 5.97. The summed E-state index contributed by atoms with van der Waals surface area (Å²) in [6, 6.07) is 9.40. The topological polar surface area (TPSA) is 29.3 Å². The van der Waals surface area contributed by atoms with E-state index in [4.69, 9.17) is 5.73 Å². The Hall–Kier alpha value is -1.02. The number of anilines is 1. The van der Waals surface area contributed by atoms with Gasteiger partial charge in [0.1, 0.15) is 0 Å². The van der Waals surface area contributed by atoms with E-state index in [1.54, 1.807) is 0 Å². The standard InChI is InChI=1S/C15H24N2/c1-12-11-13-7-4-5-8-14(13)17(12)10-6-9-15(2,3)16/h4-5,7-8,12H,6,9-11,16H2,1-3H3. The second-order valence-corrected chi connectivity index (χ2v) is 5.97. The minimum Gasteiger partial charge on any atom is -0.368 e. The second kappa shape index (κ2) is 4.69. The van der Waals surface area contributed by atoms with E-state index in [1.165, 1.54) is 24.1 Å². The first-order valence-corrected chi connectivity index (χ1v) is 6.61. The van der Waals surface area contributed by atoms with E-state index in [0.717, 1.165) is 13.0 Å². The maximum Gasteiger partial charge on any atom is 0.0402 e. The highest BCUT2D eigenvalue weighted by Crippen LogP contribution is 2.31. The number of nitrogens with zero attached hydrogens (tertiary/aromatic N) is 1. The molecule has 2 nitrogen and oxygen atoms in total. The zero-order valence-corrected chi connectivity index (χ0v) is 11.2. The van der Waals surface area contributed by atoms with Crippen molar-refractivity contribution in [2.24, 2.45) is 5.73 Å². The van der Waals surface area contributed by atoms with E-state index in [-0.39, 0.29) is 5.54 Å². The first kappa shape index (κ1) is 12.4. The van der Waals surface area contributed by atoms with Crippen molar-refractivity contribution in [1.29, 1.82) is 0 Å². The Morgan fingerprint density at radius 1 is 1.35 bits per heavy atom. The van der Waals surface area contributed by atoms with Crippen LogP contribution in [0, 0.1) is 0 Å². The van der Waals surface area contributed by atoms with Gasteiger partial charge in [-0.25, -0.2) is 0 Å². The van der Waals surface area contributed by atoms with Crippen LogP contribution in [0.4, 0.5) is 5.69 Å². The summed E-state index contributed by atoms with van der Waals surface area (Å²) >= 11 is 0. The quantitative estimate of drug-likeness (QED) is 0.865. The van der Waals surface area contributed by atoms with Crippen LogP contribution in [0.25, 0.3) is 0 Å². The molecule has 94 valence electrons. The number of benzene rings is 1. The van der Waals surface area contributed by atoms with Crippen molar-refractivity contribution in [2.45, 2.75) is 51.6 Å². The highest BCUT2D eigenvalue weighted by atomic mass is 15.2. The predicted octanol–water partition coefficient (Wildman–Crippen LogP) is 2.96. The SMILES string of the molecule is CC1Cc2ccccc2N1CCCC(C)(C)N. The van der Waals surface area contributed by atoms with Crippen LogP contribution in [0.15, 0.2) is 24.3 Å². The van der Waals surface area contributed by atoms with Crippen molar-refractivity contribution in [3.63, 3.8) is 0 Å². The molecule has 1 unspecified atom stereocenters. The van der Waals surface area contributed by atoms with Crippen molar-refractivity contribution in [2.75, 3.05) is 11.4 Å². The Morgan fingerprint density at radius 3 is 2.76 bits per heavy atom. The fourth-order valence-electron chi connectivity index (χ4n) is 2.68. The van der Waals surface area contributed by atoms with Crippen molar-refractivity contribution < 1.29 is 0 Å². The van der Waals surface area contributed by atoms with E-state index >= 15 is 0 Å². The Labute approximate surface area is 105 Å². The number of nitrogens with two attached hydrogens (primary N) is 1. The minimum atomic E-state index is -0.0392. The molecule has 0 radical (unpaired) electrons. The fraction of sp³-hybridized carbons (Fsp3) is 0.600. The summed E-state index contributed by atoms with van der Waals surface area (Å²) in [6.07, 6.45) is 3.43. The maximum atomic E-state index is 6.03. The molecule has 0 aliphatic carbocycles. The average molecular weight is 232 g/mol. The molecule has 2 N–H and O–H groups in total. The van der Waals surface area contributed by atoms with Crippen LogP contribution in [-0.2, 0) is 6.42 Å². The molecule has 0 bridgehead atoms. The Kier molecular flexibility index (Phi) is 3.43. The Bertz CT molecular complexity index is 379. The fourth-order valence-corrected chi connectivity index (χ4v) is 2.68. The van der Waals surface area contributed by atoms with E-state index in [9.17, 15) is 0 Å². The van der Waals surface area contributed by atoms with E-state index in [0.29, 0.717) is 6.04 Å². The molecule has 1 aromatic carbocycles. The summed E-state index contributed by atoms with van der Waals surface area (Å²) in [6.45, 7) is 7.65. The first-order valence-electron chi connectivity index (χ1n) is 6.61. The lowest BCUT2D eigenvalue weighted by atomic mass is 10.00. The van der Waals surface area contributed by atoms with Gasteiger partial charge in [-0.05, 0) is 51.7 Å². The van der Waals surface area contributed by atoms with Gasteiger partial charge in [-0.2, -0.15) is 0 Å². The highest BCUT2D eigenvalue weighted by molar-refractivity contribution is 5.59. The Balaban J connectivity index is 1.97. The molecule has 17 heavy (non-hydrogen) atoms. The normalized spacial score (nSPS) is 19.5. The van der Waals surface area contributed by atoms with E-state index in [2.05, 4.69) is 49.9 Å². The third-order valence-electron chi connectivity index (χ3n) is 3.57. The van der Waals surface area contributed by atoms with Gasteiger partial charge in [-0.15, -0.1) is 0 Å². The summed E-state index contributed by atoms with van der Waals surface area (Å²) in [5, 5.41) is 0. The zero-order chi connectivity index (χ0) is 12.5. The van der Waals surface area contributed by atoms with Gasteiger partial charge in [0, 0.05) is 23.8 Å². The molecule has 0 saturated carbocycles. The molecule has 2 rings (SSSR count). The van der Waals surface area contributed by atoms with Crippen molar-refractivity contribution in [3.05, 3.63) is 29.8 Å². The molecule has 0 saturated heterocycles. The van der Waals surface area contributed by atoms with E-state index in [1.807, 2.05) is 0 Å². The van der Waals surface area contributed by atoms with Crippen LogP contribution in [0.1, 0.15) is 39.2 Å². The molecular weight excluding hydrogens is 208 g/mol. The lowest BCUT2D eigenvalue weighted by molar-refractivity contribution is 0.454. The van der Waals surface area contributed by atoms with Crippen LogP contribution in [-0.4, -0.2) is 18.1 Å². The van der Waals surface area contributed by atoms with Gasteiger partial charge < -0.3 is 10.6 Å². The first-order chi connectivity index (χ1) is 7.97. The van der Waals surface area contributed by atoms with Crippen molar-refractivity contribution in [1.82, 2.24) is 0 Å². The molecule has 1 aliphatic rings. The van der Waals surface area contributed by atoms with Gasteiger partial charge in [0.25, 0.3) is 0 Å². The lowest BCUT2D eigenvalue weighted by Crippen LogP contribution is -2.35. The zero-order valence-electron chi connectivity index (χ0n) is 11.2. The summed E-state index contributed by atoms with van der Waals surface area (Å²) in [5.74, 6) is 0. The maximum absolute atomic E-state index is 6.03. The van der Waals surface area contributed by atoms with Gasteiger partial charge in [0.15, 0.2) is 0 Å². The molecule has 0 fully saturated rings. The number of fused-ring (bicyclic) bond motifs is 1. The third kappa shape index (κ3) is 3.01. The van der Waals surface area contributed by atoms with Crippen LogP contribution in [0.5, 0.6) is 0 Å². The van der Waals surface area contributed by atoms with Crippen molar-refractivity contribution >= 4 is 5.69 Å². The molecule has 1 aromatic rings. The molecule has 1 heterocycles. The molecule has 0 aromatic heterocycles. The van der Waals surface area contributed by atoms with Crippen LogP contribution in [0.2, 0.25) is 0 Å². The molecule has 1 atom stereocenters. The van der Waals surface area contributed by atoms with Gasteiger partial charge in [0.05, 0.1) is 0 Å². The number of para-hydroxylation sites is 1. The lowest BCUT2D eigenvalue weighted by Gasteiger charge is -2.27. The van der Waals surface area contributed by atoms with E-state index < -0.39 is 0 Å². The summed E-state index contributed by atoms with van der Waals surface area (Å²) in [7, 11) is 0. The van der Waals surface area contributed by atoms with Gasteiger partial charge >= 0.3 is 0 Å². The minimum absolute atomic E-state index is 0.0392. The van der Waals surface area contributed by atoms with Gasteiger partial charge in [-0.1, -0.05) is 18.2 Å². The summed E-state index contributed by atoms with van der Waals surface area (Å²) in [4.78, 5) is 2.53. The van der Waals surface area contributed by atoms with Crippen LogP contribution in [0.3, 0.4) is 0 Å². The molecule has 0 amide bonds. The summed E-state index contributed by atoms with van der Waals surface area (Å²) < 4.78 is 0. The summed E-state index contributed by atoms with van der Waals surface area (Å²) in [5.41, 5.74) is 8.91. The molecule has 2 heteroatoms. The molecule has 0 spiro atoms.